The molecule has 5 nitrogen and oxygen atoms in total. The second kappa shape index (κ2) is 5.48. The number of hydrazine groups is 1. The number of aryl methyl sites for hydroxylation is 1. The summed E-state index contributed by atoms with van der Waals surface area (Å²) in [7, 11) is 0. The second-order valence-electron chi connectivity index (χ2n) is 3.73. The highest BCUT2D eigenvalue weighted by molar-refractivity contribution is 9.10. The molecule has 0 aliphatic rings. The van der Waals surface area contributed by atoms with E-state index in [2.05, 4.69) is 33.4 Å². The van der Waals surface area contributed by atoms with Crippen molar-refractivity contribution in [3.8, 4) is 0 Å². The molecule has 2 heterocycles. The Morgan fingerprint density at radius 1 is 1.59 bits per heavy atom. The molecule has 0 saturated heterocycles. The van der Waals surface area contributed by atoms with Crippen LogP contribution in [0.1, 0.15) is 30.6 Å². The van der Waals surface area contributed by atoms with Crippen molar-refractivity contribution in [1.82, 2.24) is 15.2 Å². The van der Waals surface area contributed by atoms with E-state index < -0.39 is 0 Å². The van der Waals surface area contributed by atoms with Crippen LogP contribution >= 0.6 is 15.9 Å². The molecule has 2 rings (SSSR count). The molecule has 1 atom stereocenters. The van der Waals surface area contributed by atoms with Crippen molar-refractivity contribution in [3.05, 3.63) is 40.5 Å². The van der Waals surface area contributed by atoms with Crippen LogP contribution < -0.4 is 11.3 Å². The smallest absolute Gasteiger partial charge is 0.174 e. The van der Waals surface area contributed by atoms with E-state index in [0.29, 0.717) is 4.67 Å². The molecule has 0 fully saturated rings. The van der Waals surface area contributed by atoms with Crippen molar-refractivity contribution in [1.29, 1.82) is 0 Å². The molecule has 92 valence electrons. The summed E-state index contributed by atoms with van der Waals surface area (Å²) in [5.74, 6) is 5.64. The van der Waals surface area contributed by atoms with Gasteiger partial charge in [0.05, 0.1) is 18.0 Å². The SMILES string of the molecule is CCCn1nccc1C(NN)c1ccoc1Br. The van der Waals surface area contributed by atoms with Gasteiger partial charge in [-0.05, 0) is 34.5 Å². The van der Waals surface area contributed by atoms with E-state index in [1.807, 2.05) is 16.8 Å². The topological polar surface area (TPSA) is 69.0 Å². The predicted molar refractivity (Wildman–Crippen MR) is 68.1 cm³/mol. The van der Waals surface area contributed by atoms with Gasteiger partial charge in [0.2, 0.25) is 0 Å². The number of nitrogens with two attached hydrogens (primary N) is 1. The molecule has 0 bridgehead atoms. The Morgan fingerprint density at radius 3 is 3.00 bits per heavy atom. The van der Waals surface area contributed by atoms with Gasteiger partial charge in [-0.25, -0.2) is 5.43 Å². The number of hydrogen-bond donors (Lipinski definition) is 2. The fourth-order valence-corrected chi connectivity index (χ4v) is 2.30. The summed E-state index contributed by atoms with van der Waals surface area (Å²) < 4.78 is 7.87. The largest absolute Gasteiger partial charge is 0.457 e. The van der Waals surface area contributed by atoms with E-state index in [1.54, 1.807) is 12.5 Å². The van der Waals surface area contributed by atoms with Crippen molar-refractivity contribution < 1.29 is 4.42 Å². The third-order valence-electron chi connectivity index (χ3n) is 2.60. The molecule has 2 aromatic rings. The highest BCUT2D eigenvalue weighted by atomic mass is 79.9. The van der Waals surface area contributed by atoms with Crippen LogP contribution in [0.3, 0.4) is 0 Å². The first-order valence-corrected chi connectivity index (χ1v) is 6.28. The zero-order valence-electron chi connectivity index (χ0n) is 9.56. The summed E-state index contributed by atoms with van der Waals surface area (Å²) in [6, 6.07) is 3.72. The second-order valence-corrected chi connectivity index (χ2v) is 4.45. The minimum Gasteiger partial charge on any atom is -0.457 e. The normalized spacial score (nSPS) is 12.9. The number of furan rings is 1. The van der Waals surface area contributed by atoms with Crippen LogP contribution in [0.4, 0.5) is 0 Å². The molecule has 0 aromatic carbocycles. The first-order chi connectivity index (χ1) is 8.27. The summed E-state index contributed by atoms with van der Waals surface area (Å²) in [4.78, 5) is 0. The highest BCUT2D eigenvalue weighted by Crippen LogP contribution is 2.28. The zero-order chi connectivity index (χ0) is 12.3. The third-order valence-corrected chi connectivity index (χ3v) is 3.25. The van der Waals surface area contributed by atoms with Crippen LogP contribution in [0.25, 0.3) is 0 Å². The van der Waals surface area contributed by atoms with Crippen LogP contribution in [-0.4, -0.2) is 9.78 Å². The van der Waals surface area contributed by atoms with Gasteiger partial charge in [0.25, 0.3) is 0 Å². The van der Waals surface area contributed by atoms with E-state index in [4.69, 9.17) is 10.3 Å². The Kier molecular flexibility index (Phi) is 3.98. The Hall–Kier alpha value is -1.11. The van der Waals surface area contributed by atoms with Crippen LogP contribution in [0, 0.1) is 0 Å². The van der Waals surface area contributed by atoms with Crippen LogP contribution in [0.15, 0.2) is 33.7 Å². The van der Waals surface area contributed by atoms with Gasteiger partial charge in [-0.1, -0.05) is 6.92 Å². The third kappa shape index (κ3) is 2.43. The summed E-state index contributed by atoms with van der Waals surface area (Å²) in [5, 5.41) is 4.29. The van der Waals surface area contributed by atoms with Crippen LogP contribution in [0.5, 0.6) is 0 Å². The monoisotopic (exact) mass is 298 g/mol. The maximum atomic E-state index is 5.64. The molecule has 17 heavy (non-hydrogen) atoms. The molecule has 0 spiro atoms. The van der Waals surface area contributed by atoms with E-state index in [0.717, 1.165) is 24.2 Å². The molecular weight excluding hydrogens is 284 g/mol. The summed E-state index contributed by atoms with van der Waals surface area (Å²) >= 11 is 3.36. The molecule has 3 N–H and O–H groups in total. The first kappa shape index (κ1) is 12.3. The molecule has 0 aliphatic heterocycles. The van der Waals surface area contributed by atoms with Gasteiger partial charge < -0.3 is 4.42 Å². The quantitative estimate of drug-likeness (QED) is 0.656. The molecule has 6 heteroatoms. The lowest BCUT2D eigenvalue weighted by Gasteiger charge is -2.16. The highest BCUT2D eigenvalue weighted by Gasteiger charge is 2.20. The average Bonchev–Trinajstić information content (AvgIpc) is 2.92. The minimum absolute atomic E-state index is 0.128. The van der Waals surface area contributed by atoms with E-state index in [-0.39, 0.29) is 6.04 Å². The molecule has 2 aromatic heterocycles. The molecular formula is C11H15BrN4O. The first-order valence-electron chi connectivity index (χ1n) is 5.48. The minimum atomic E-state index is -0.128. The van der Waals surface area contributed by atoms with Gasteiger partial charge in [-0.15, -0.1) is 0 Å². The van der Waals surface area contributed by atoms with Gasteiger partial charge in [0, 0.05) is 18.3 Å². The van der Waals surface area contributed by atoms with Crippen molar-refractivity contribution in [2.45, 2.75) is 25.9 Å². The Bertz CT molecular complexity index is 479. The van der Waals surface area contributed by atoms with E-state index in [1.165, 1.54) is 0 Å². The molecule has 0 radical (unpaired) electrons. The van der Waals surface area contributed by atoms with Gasteiger partial charge in [0.1, 0.15) is 0 Å². The molecule has 0 aliphatic carbocycles. The predicted octanol–water partition coefficient (Wildman–Crippen LogP) is 2.20. The number of nitrogens with zero attached hydrogens (tertiary/aromatic N) is 2. The molecule has 1 unspecified atom stereocenters. The lowest BCUT2D eigenvalue weighted by atomic mass is 10.1. The summed E-state index contributed by atoms with van der Waals surface area (Å²) in [6.07, 6.45) is 4.44. The van der Waals surface area contributed by atoms with Crippen molar-refractivity contribution in [2.24, 2.45) is 5.84 Å². The number of hydrogen-bond acceptors (Lipinski definition) is 4. The van der Waals surface area contributed by atoms with Crippen LogP contribution in [-0.2, 0) is 6.54 Å². The molecule has 0 amide bonds. The van der Waals surface area contributed by atoms with Crippen LogP contribution in [0.2, 0.25) is 0 Å². The number of nitrogens with one attached hydrogen (secondary N) is 1. The molecule has 0 saturated carbocycles. The lowest BCUT2D eigenvalue weighted by molar-refractivity contribution is 0.501. The summed E-state index contributed by atoms with van der Waals surface area (Å²) in [6.45, 7) is 2.99. The average molecular weight is 299 g/mol. The van der Waals surface area contributed by atoms with Gasteiger partial charge in [0.15, 0.2) is 4.67 Å². The van der Waals surface area contributed by atoms with Crippen molar-refractivity contribution >= 4 is 15.9 Å². The number of aromatic nitrogens is 2. The lowest BCUT2D eigenvalue weighted by Crippen LogP contribution is -2.30. The number of halogens is 1. The standard InChI is InChI=1S/C11H15BrN4O/c1-2-6-16-9(3-5-14-16)10(15-13)8-4-7-17-11(8)12/h3-5,7,10,15H,2,6,13H2,1H3. The number of rotatable bonds is 5. The van der Waals surface area contributed by atoms with E-state index in [9.17, 15) is 0 Å². The van der Waals surface area contributed by atoms with Gasteiger partial charge >= 0.3 is 0 Å². The zero-order valence-corrected chi connectivity index (χ0v) is 11.1. The van der Waals surface area contributed by atoms with Crippen molar-refractivity contribution in [2.75, 3.05) is 0 Å². The Balaban J connectivity index is 2.35. The Morgan fingerprint density at radius 2 is 2.41 bits per heavy atom. The maximum Gasteiger partial charge on any atom is 0.174 e. The Labute approximate surface area is 108 Å². The van der Waals surface area contributed by atoms with Crippen molar-refractivity contribution in [3.63, 3.8) is 0 Å². The summed E-state index contributed by atoms with van der Waals surface area (Å²) in [5.41, 5.74) is 4.78. The van der Waals surface area contributed by atoms with E-state index >= 15 is 0 Å². The maximum absolute atomic E-state index is 5.64. The fourth-order valence-electron chi connectivity index (χ4n) is 1.83. The van der Waals surface area contributed by atoms with Gasteiger partial charge in [-0.2, -0.15) is 5.10 Å². The van der Waals surface area contributed by atoms with Gasteiger partial charge in [-0.3, -0.25) is 10.5 Å². The fraction of sp³-hybridized carbons (Fsp3) is 0.364.